The molecule has 1 aromatic heterocycles. The quantitative estimate of drug-likeness (QED) is 0.515. The zero-order chi connectivity index (χ0) is 14.1. The van der Waals surface area contributed by atoms with Gasteiger partial charge in [0.1, 0.15) is 12.4 Å². The Morgan fingerprint density at radius 3 is 2.21 bits per heavy atom. The monoisotopic (exact) mass is 270 g/mol. The van der Waals surface area contributed by atoms with Crippen molar-refractivity contribution in [3.8, 4) is 0 Å². The summed E-state index contributed by atoms with van der Waals surface area (Å²) in [4.78, 5) is 14.1. The lowest BCUT2D eigenvalue weighted by Gasteiger charge is -2.19. The van der Waals surface area contributed by atoms with E-state index in [2.05, 4.69) is 0 Å². The van der Waals surface area contributed by atoms with Crippen molar-refractivity contribution in [2.45, 2.75) is 13.8 Å². The van der Waals surface area contributed by atoms with E-state index in [1.54, 1.807) is 22.0 Å². The molecule has 19 heavy (non-hydrogen) atoms. The molecule has 0 aliphatic carbocycles. The van der Waals surface area contributed by atoms with Gasteiger partial charge in [-0.05, 0) is 13.8 Å². The van der Waals surface area contributed by atoms with Crippen LogP contribution in [0.3, 0.4) is 0 Å². The number of carbonyl (C=O) groups excluding carboxylic acids is 1. The van der Waals surface area contributed by atoms with Gasteiger partial charge in [-0.3, -0.25) is 4.90 Å². The highest BCUT2D eigenvalue weighted by Gasteiger charge is 2.20. The van der Waals surface area contributed by atoms with E-state index in [-0.39, 0.29) is 6.03 Å². The number of hydrogen-bond acceptors (Lipinski definition) is 3. The number of nitrogens with zero attached hydrogens (tertiary/aromatic N) is 3. The Morgan fingerprint density at radius 2 is 1.79 bits per heavy atom. The van der Waals surface area contributed by atoms with Crippen molar-refractivity contribution in [3.63, 3.8) is 0 Å². The lowest BCUT2D eigenvalue weighted by molar-refractivity contribution is -0.670. The van der Waals surface area contributed by atoms with Crippen molar-refractivity contribution < 1.29 is 18.8 Å². The molecule has 0 N–H and O–H groups in total. The second kappa shape index (κ2) is 8.66. The fraction of sp³-hybridized carbons (Fsp3) is 0.692. The van der Waals surface area contributed by atoms with Gasteiger partial charge in [0.2, 0.25) is 0 Å². The second-order valence-corrected chi connectivity index (χ2v) is 4.15. The molecule has 0 bridgehead atoms. The van der Waals surface area contributed by atoms with Crippen LogP contribution in [0.25, 0.3) is 0 Å². The van der Waals surface area contributed by atoms with Crippen LogP contribution in [0.5, 0.6) is 0 Å². The third-order valence-corrected chi connectivity index (χ3v) is 2.68. The molecule has 1 amide bonds. The van der Waals surface area contributed by atoms with Crippen LogP contribution in [0.1, 0.15) is 13.8 Å². The van der Waals surface area contributed by atoms with Crippen molar-refractivity contribution in [1.82, 2.24) is 9.47 Å². The van der Waals surface area contributed by atoms with Crippen LogP contribution >= 0.6 is 0 Å². The summed E-state index contributed by atoms with van der Waals surface area (Å²) in [7, 11) is 1.88. The van der Waals surface area contributed by atoms with Crippen LogP contribution in [0.4, 0.5) is 4.79 Å². The molecule has 6 heteroatoms. The normalized spacial score (nSPS) is 10.7. The Hall–Kier alpha value is -1.40. The van der Waals surface area contributed by atoms with Crippen LogP contribution in [0, 0.1) is 0 Å². The van der Waals surface area contributed by atoms with Gasteiger partial charge in [-0.1, -0.05) is 0 Å². The zero-order valence-corrected chi connectivity index (χ0v) is 12.0. The number of carbonyl (C=O) groups is 1. The van der Waals surface area contributed by atoms with E-state index in [0.717, 1.165) is 0 Å². The molecule has 108 valence electrons. The first-order valence-electron chi connectivity index (χ1n) is 6.67. The standard InChI is InChI=1S/C13H24N3O3/c1-4-18-10-8-15(9-11-19-5-2)13(17)16-7-6-14(3)12-16/h6-7,12H,4-5,8-11H2,1-3H3/q+1. The fourth-order valence-corrected chi connectivity index (χ4v) is 1.67. The minimum absolute atomic E-state index is 0.0555. The molecule has 0 saturated carbocycles. The van der Waals surface area contributed by atoms with E-state index in [9.17, 15) is 4.79 Å². The highest BCUT2D eigenvalue weighted by molar-refractivity contribution is 5.76. The minimum atomic E-state index is -0.0555. The Morgan fingerprint density at radius 1 is 1.21 bits per heavy atom. The first-order valence-corrected chi connectivity index (χ1v) is 6.67. The predicted molar refractivity (Wildman–Crippen MR) is 71.0 cm³/mol. The molecule has 1 rings (SSSR count). The number of amides is 1. The lowest BCUT2D eigenvalue weighted by atomic mass is 10.5. The van der Waals surface area contributed by atoms with Gasteiger partial charge >= 0.3 is 6.03 Å². The molecule has 0 aromatic carbocycles. The molecule has 0 unspecified atom stereocenters. The van der Waals surface area contributed by atoms with Crippen molar-refractivity contribution in [3.05, 3.63) is 18.7 Å². The van der Waals surface area contributed by atoms with E-state index in [1.807, 2.05) is 31.7 Å². The molecule has 0 radical (unpaired) electrons. The van der Waals surface area contributed by atoms with Crippen LogP contribution in [-0.2, 0) is 16.5 Å². The molecule has 0 saturated heterocycles. The summed E-state index contributed by atoms with van der Waals surface area (Å²) in [5.41, 5.74) is 0. The molecule has 0 atom stereocenters. The summed E-state index contributed by atoms with van der Waals surface area (Å²) in [6, 6.07) is -0.0555. The number of rotatable bonds is 8. The van der Waals surface area contributed by atoms with Crippen LogP contribution in [0.2, 0.25) is 0 Å². The first-order chi connectivity index (χ1) is 9.19. The number of aryl methyl sites for hydroxylation is 1. The van der Waals surface area contributed by atoms with Gasteiger partial charge in [-0.2, -0.15) is 4.57 Å². The second-order valence-electron chi connectivity index (χ2n) is 4.15. The Labute approximate surface area is 114 Å². The molecule has 0 aliphatic rings. The Bertz CT molecular complexity index is 369. The smallest absolute Gasteiger partial charge is 0.380 e. The van der Waals surface area contributed by atoms with Crippen molar-refractivity contribution in [2.24, 2.45) is 7.05 Å². The van der Waals surface area contributed by atoms with E-state index in [0.29, 0.717) is 39.5 Å². The van der Waals surface area contributed by atoms with Gasteiger partial charge in [-0.15, -0.1) is 0 Å². The summed E-state index contributed by atoms with van der Waals surface area (Å²) < 4.78 is 14.0. The summed E-state index contributed by atoms with van der Waals surface area (Å²) in [5.74, 6) is 0. The van der Waals surface area contributed by atoms with Gasteiger partial charge in [0, 0.05) is 26.3 Å². The van der Waals surface area contributed by atoms with E-state index < -0.39 is 0 Å². The van der Waals surface area contributed by atoms with Crippen LogP contribution in [-0.4, -0.2) is 55.0 Å². The molecule has 1 aromatic rings. The van der Waals surface area contributed by atoms with Gasteiger partial charge in [-0.25, -0.2) is 9.36 Å². The topological polar surface area (TPSA) is 47.6 Å². The average molecular weight is 270 g/mol. The Balaban J connectivity index is 2.57. The summed E-state index contributed by atoms with van der Waals surface area (Å²) in [6.07, 6.45) is 5.33. The molecule has 0 fully saturated rings. The number of ether oxygens (including phenoxy) is 2. The maximum Gasteiger partial charge on any atom is 0.415 e. The Kier molecular flexibility index (Phi) is 7.14. The molecular weight excluding hydrogens is 246 g/mol. The van der Waals surface area contributed by atoms with Gasteiger partial charge < -0.3 is 9.47 Å². The molecule has 0 aliphatic heterocycles. The first kappa shape index (κ1) is 15.7. The summed E-state index contributed by atoms with van der Waals surface area (Å²) >= 11 is 0. The minimum Gasteiger partial charge on any atom is -0.380 e. The summed E-state index contributed by atoms with van der Waals surface area (Å²) in [6.45, 7) is 7.43. The summed E-state index contributed by atoms with van der Waals surface area (Å²) in [5, 5.41) is 0. The van der Waals surface area contributed by atoms with E-state index in [4.69, 9.17) is 9.47 Å². The third kappa shape index (κ3) is 5.40. The van der Waals surface area contributed by atoms with E-state index in [1.165, 1.54) is 0 Å². The third-order valence-electron chi connectivity index (χ3n) is 2.68. The molecule has 0 spiro atoms. The average Bonchev–Trinajstić information content (AvgIpc) is 2.83. The van der Waals surface area contributed by atoms with Crippen molar-refractivity contribution in [1.29, 1.82) is 0 Å². The largest absolute Gasteiger partial charge is 0.415 e. The van der Waals surface area contributed by atoms with Crippen LogP contribution < -0.4 is 4.57 Å². The molecule has 1 heterocycles. The number of aromatic nitrogens is 2. The number of imidazole rings is 1. The van der Waals surface area contributed by atoms with Crippen LogP contribution in [0.15, 0.2) is 18.7 Å². The van der Waals surface area contributed by atoms with Crippen molar-refractivity contribution in [2.75, 3.05) is 39.5 Å². The molecular formula is C13H24N3O3+. The zero-order valence-electron chi connectivity index (χ0n) is 12.0. The highest BCUT2D eigenvalue weighted by atomic mass is 16.5. The van der Waals surface area contributed by atoms with Crippen molar-refractivity contribution >= 4 is 6.03 Å². The lowest BCUT2D eigenvalue weighted by Crippen LogP contribution is -2.39. The predicted octanol–water partition coefficient (Wildman–Crippen LogP) is 0.656. The fourth-order valence-electron chi connectivity index (χ4n) is 1.67. The highest BCUT2D eigenvalue weighted by Crippen LogP contribution is 1.97. The van der Waals surface area contributed by atoms with Gasteiger partial charge in [0.25, 0.3) is 6.33 Å². The van der Waals surface area contributed by atoms with Gasteiger partial charge in [0.05, 0.1) is 20.3 Å². The molecule has 6 nitrogen and oxygen atoms in total. The maximum absolute atomic E-state index is 12.3. The number of hydrogen-bond donors (Lipinski definition) is 0. The van der Waals surface area contributed by atoms with E-state index >= 15 is 0 Å². The van der Waals surface area contributed by atoms with Gasteiger partial charge in [0.15, 0.2) is 0 Å². The SMILES string of the molecule is CCOCCN(CCOCC)C(=O)n1cc[n+](C)c1. The maximum atomic E-state index is 12.3.